The molecule has 0 radical (unpaired) electrons. The van der Waals surface area contributed by atoms with Crippen molar-refractivity contribution < 1.29 is 9.59 Å². The Labute approximate surface area is 156 Å². The van der Waals surface area contributed by atoms with E-state index < -0.39 is 0 Å². The summed E-state index contributed by atoms with van der Waals surface area (Å²) in [4.78, 5) is 26.2. The summed E-state index contributed by atoms with van der Waals surface area (Å²) in [5, 5.41) is 2.99. The molecule has 0 atom stereocenters. The van der Waals surface area contributed by atoms with Crippen molar-refractivity contribution in [2.24, 2.45) is 0 Å². The first-order chi connectivity index (χ1) is 12.3. The van der Waals surface area contributed by atoms with Gasteiger partial charge >= 0.3 is 0 Å². The number of hydrogen-bond acceptors (Lipinski definition) is 2. The van der Waals surface area contributed by atoms with Gasteiger partial charge in [-0.3, -0.25) is 9.59 Å². The van der Waals surface area contributed by atoms with Crippen LogP contribution in [0.1, 0.15) is 49.8 Å². The zero-order chi connectivity index (χ0) is 19.3. The Morgan fingerprint density at radius 2 is 1.73 bits per heavy atom. The number of carbonyl (C=O) groups excluding carboxylic acids is 2. The van der Waals surface area contributed by atoms with Gasteiger partial charge < -0.3 is 10.2 Å². The van der Waals surface area contributed by atoms with Crippen LogP contribution in [0.3, 0.4) is 0 Å². The number of para-hydroxylation sites is 1. The minimum Gasteiger partial charge on any atom is -0.326 e. The molecule has 0 aliphatic carbocycles. The van der Waals surface area contributed by atoms with E-state index in [0.717, 1.165) is 28.1 Å². The van der Waals surface area contributed by atoms with Crippen molar-refractivity contribution in [1.82, 2.24) is 0 Å². The molecule has 0 saturated heterocycles. The first-order valence-electron chi connectivity index (χ1n) is 9.04. The molecule has 0 heterocycles. The van der Waals surface area contributed by atoms with Gasteiger partial charge in [-0.25, -0.2) is 0 Å². The van der Waals surface area contributed by atoms with Crippen LogP contribution in [0, 0.1) is 13.8 Å². The molecule has 2 aromatic carbocycles. The molecule has 4 nitrogen and oxygen atoms in total. The van der Waals surface area contributed by atoms with Gasteiger partial charge in [0.05, 0.1) is 0 Å². The highest BCUT2D eigenvalue weighted by atomic mass is 16.2. The highest BCUT2D eigenvalue weighted by molar-refractivity contribution is 5.95. The first kappa shape index (κ1) is 19.7. The molecular formula is C22H28N2O2. The third-order valence-corrected chi connectivity index (χ3v) is 4.67. The summed E-state index contributed by atoms with van der Waals surface area (Å²) < 4.78 is 0. The van der Waals surface area contributed by atoms with Gasteiger partial charge in [0.25, 0.3) is 0 Å². The largest absolute Gasteiger partial charge is 0.326 e. The standard InChI is InChI=1S/C22H28N2O2/c1-15(2)19-10-6-7-11-20(19)23-22(26)13-14-24(18(5)25)21-12-8-9-16(3)17(21)4/h6-12,15H,13-14H2,1-5H3,(H,23,26). The van der Waals surface area contributed by atoms with Gasteiger partial charge in [0.2, 0.25) is 11.8 Å². The van der Waals surface area contributed by atoms with E-state index in [4.69, 9.17) is 0 Å². The Bertz CT molecular complexity index is 796. The van der Waals surface area contributed by atoms with E-state index in [-0.39, 0.29) is 18.2 Å². The molecule has 0 bridgehead atoms. The monoisotopic (exact) mass is 352 g/mol. The van der Waals surface area contributed by atoms with E-state index >= 15 is 0 Å². The van der Waals surface area contributed by atoms with Gasteiger partial charge in [-0.05, 0) is 48.6 Å². The van der Waals surface area contributed by atoms with Gasteiger partial charge in [-0.2, -0.15) is 0 Å². The molecule has 0 saturated carbocycles. The molecule has 0 fully saturated rings. The predicted octanol–water partition coefficient (Wildman–Crippen LogP) is 4.81. The molecule has 2 rings (SSSR count). The third kappa shape index (κ3) is 4.72. The smallest absolute Gasteiger partial charge is 0.226 e. The van der Waals surface area contributed by atoms with Crippen LogP contribution in [-0.4, -0.2) is 18.4 Å². The minimum atomic E-state index is -0.0883. The predicted molar refractivity (Wildman–Crippen MR) is 108 cm³/mol. The number of rotatable bonds is 6. The number of benzene rings is 2. The third-order valence-electron chi connectivity index (χ3n) is 4.67. The molecule has 1 N–H and O–H groups in total. The second-order valence-electron chi connectivity index (χ2n) is 6.93. The zero-order valence-corrected chi connectivity index (χ0v) is 16.3. The summed E-state index contributed by atoms with van der Waals surface area (Å²) >= 11 is 0. The molecular weight excluding hydrogens is 324 g/mol. The van der Waals surface area contributed by atoms with Crippen LogP contribution in [0.4, 0.5) is 11.4 Å². The molecule has 4 heteroatoms. The van der Waals surface area contributed by atoms with E-state index in [1.165, 1.54) is 6.92 Å². The molecule has 0 aliphatic rings. The number of nitrogens with one attached hydrogen (secondary N) is 1. The minimum absolute atomic E-state index is 0.0610. The Balaban J connectivity index is 2.09. The van der Waals surface area contributed by atoms with Gasteiger partial charge in [0.1, 0.15) is 0 Å². The number of aryl methyl sites for hydroxylation is 1. The molecule has 0 spiro atoms. The van der Waals surface area contributed by atoms with Crippen LogP contribution < -0.4 is 10.2 Å². The molecule has 0 aliphatic heterocycles. The number of hydrogen-bond donors (Lipinski definition) is 1. The number of nitrogens with zero attached hydrogens (tertiary/aromatic N) is 1. The van der Waals surface area contributed by atoms with Crippen LogP contribution in [0.15, 0.2) is 42.5 Å². The van der Waals surface area contributed by atoms with E-state index in [9.17, 15) is 9.59 Å². The molecule has 0 unspecified atom stereocenters. The maximum absolute atomic E-state index is 12.4. The number of carbonyl (C=O) groups is 2. The van der Waals surface area contributed by atoms with Crippen molar-refractivity contribution >= 4 is 23.2 Å². The normalized spacial score (nSPS) is 10.7. The maximum Gasteiger partial charge on any atom is 0.226 e. The van der Waals surface area contributed by atoms with E-state index in [0.29, 0.717) is 12.5 Å². The molecule has 0 aromatic heterocycles. The summed E-state index contributed by atoms with van der Waals surface area (Å²) in [5.41, 5.74) is 5.01. The zero-order valence-electron chi connectivity index (χ0n) is 16.3. The fourth-order valence-electron chi connectivity index (χ4n) is 3.02. The van der Waals surface area contributed by atoms with Gasteiger partial charge in [-0.1, -0.05) is 44.2 Å². The van der Waals surface area contributed by atoms with Crippen molar-refractivity contribution in [1.29, 1.82) is 0 Å². The summed E-state index contributed by atoms with van der Waals surface area (Å²) in [6, 6.07) is 13.7. The summed E-state index contributed by atoms with van der Waals surface area (Å²) in [6.45, 7) is 10.1. The fourth-order valence-corrected chi connectivity index (χ4v) is 3.02. The highest BCUT2D eigenvalue weighted by Crippen LogP contribution is 2.25. The lowest BCUT2D eigenvalue weighted by molar-refractivity contribution is -0.117. The SMILES string of the molecule is CC(=O)N(CCC(=O)Nc1ccccc1C(C)C)c1cccc(C)c1C. The molecule has 138 valence electrons. The van der Waals surface area contributed by atoms with Crippen LogP contribution in [0.25, 0.3) is 0 Å². The Morgan fingerprint density at radius 3 is 2.38 bits per heavy atom. The average molecular weight is 352 g/mol. The van der Waals surface area contributed by atoms with Crippen LogP contribution >= 0.6 is 0 Å². The van der Waals surface area contributed by atoms with Gasteiger partial charge in [0.15, 0.2) is 0 Å². The quantitative estimate of drug-likeness (QED) is 0.811. The van der Waals surface area contributed by atoms with Crippen molar-refractivity contribution in [3.8, 4) is 0 Å². The Kier molecular flexibility index (Phi) is 6.56. The van der Waals surface area contributed by atoms with Crippen LogP contribution in [-0.2, 0) is 9.59 Å². The van der Waals surface area contributed by atoms with Crippen LogP contribution in [0.5, 0.6) is 0 Å². The topological polar surface area (TPSA) is 49.4 Å². The van der Waals surface area contributed by atoms with E-state index in [1.807, 2.05) is 56.3 Å². The second kappa shape index (κ2) is 8.65. The number of anilines is 2. The Morgan fingerprint density at radius 1 is 1.04 bits per heavy atom. The van der Waals surface area contributed by atoms with Crippen molar-refractivity contribution in [3.63, 3.8) is 0 Å². The fraction of sp³-hybridized carbons (Fsp3) is 0.364. The van der Waals surface area contributed by atoms with Gasteiger partial charge in [-0.15, -0.1) is 0 Å². The van der Waals surface area contributed by atoms with Crippen molar-refractivity contribution in [2.75, 3.05) is 16.8 Å². The molecule has 2 amide bonds. The average Bonchev–Trinajstić information content (AvgIpc) is 2.58. The van der Waals surface area contributed by atoms with Crippen LogP contribution in [0.2, 0.25) is 0 Å². The first-order valence-corrected chi connectivity index (χ1v) is 9.04. The molecule has 26 heavy (non-hydrogen) atoms. The van der Waals surface area contributed by atoms with Crippen molar-refractivity contribution in [2.45, 2.75) is 47.0 Å². The second-order valence-corrected chi connectivity index (χ2v) is 6.93. The maximum atomic E-state index is 12.4. The summed E-state index contributed by atoms with van der Waals surface area (Å²) in [6.07, 6.45) is 0.249. The lowest BCUT2D eigenvalue weighted by atomic mass is 10.0. The number of amides is 2. The van der Waals surface area contributed by atoms with Gasteiger partial charge in [0, 0.05) is 31.3 Å². The summed E-state index contributed by atoms with van der Waals surface area (Å²) in [5.74, 6) is 0.180. The van der Waals surface area contributed by atoms with E-state index in [2.05, 4.69) is 19.2 Å². The van der Waals surface area contributed by atoms with Crippen molar-refractivity contribution in [3.05, 3.63) is 59.2 Å². The lowest BCUT2D eigenvalue weighted by Gasteiger charge is -2.24. The molecule has 2 aromatic rings. The van der Waals surface area contributed by atoms with E-state index in [1.54, 1.807) is 4.90 Å². The highest BCUT2D eigenvalue weighted by Gasteiger charge is 2.17. The Hall–Kier alpha value is -2.62. The summed E-state index contributed by atoms with van der Waals surface area (Å²) in [7, 11) is 0. The lowest BCUT2D eigenvalue weighted by Crippen LogP contribution is -2.32.